The Kier molecular flexibility index (Phi) is 6.80. The second-order valence-corrected chi connectivity index (χ2v) is 13.4. The van der Waals surface area contributed by atoms with E-state index in [1.54, 1.807) is 40.7 Å². The Balaban J connectivity index is 1.35. The molecule has 3 atom stereocenters. The lowest BCUT2D eigenvalue weighted by Gasteiger charge is -2.32. The van der Waals surface area contributed by atoms with Crippen molar-refractivity contribution in [3.63, 3.8) is 0 Å². The summed E-state index contributed by atoms with van der Waals surface area (Å²) < 4.78 is 27.4. The third kappa shape index (κ3) is 4.43. The van der Waals surface area contributed by atoms with Gasteiger partial charge in [0.05, 0.1) is 41.7 Å². The maximum Gasteiger partial charge on any atom is 0.435 e. The van der Waals surface area contributed by atoms with Crippen molar-refractivity contribution in [1.82, 2.24) is 19.9 Å². The minimum Gasteiger partial charge on any atom is -0.458 e. The first-order valence-electron chi connectivity index (χ1n) is 15.5. The average molecular weight is 635 g/mol. The number of esters is 1. The number of hydrogen-bond acceptors (Lipinski definition) is 9. The van der Waals surface area contributed by atoms with Gasteiger partial charge in [-0.1, -0.05) is 6.92 Å². The molecule has 2 aromatic heterocycles. The first kappa shape index (κ1) is 30.3. The van der Waals surface area contributed by atoms with E-state index in [1.165, 1.54) is 10.6 Å². The number of aryl methyl sites for hydroxylation is 1. The zero-order valence-electron chi connectivity index (χ0n) is 26.3. The Hall–Kier alpha value is -4.36. The van der Waals surface area contributed by atoms with Gasteiger partial charge in [0.25, 0.3) is 5.56 Å². The quantitative estimate of drug-likeness (QED) is 0.323. The van der Waals surface area contributed by atoms with E-state index in [0.29, 0.717) is 40.9 Å². The number of aromatic nitrogens is 2. The molecule has 7 rings (SSSR count). The minimum atomic E-state index is -1.99. The molecule has 3 aliphatic heterocycles. The number of carbonyl (C=O) groups excluding carboxylic acids is 3. The molecule has 2 N–H and O–H groups in total. The van der Waals surface area contributed by atoms with Crippen molar-refractivity contribution in [2.75, 3.05) is 6.61 Å². The van der Waals surface area contributed by atoms with E-state index in [1.807, 2.05) is 0 Å². The number of aliphatic hydroxyl groups is 1. The number of cyclic esters (lactones) is 1. The van der Waals surface area contributed by atoms with Crippen molar-refractivity contribution >= 4 is 28.9 Å². The lowest BCUT2D eigenvalue weighted by atomic mass is 9.81. The molecule has 0 saturated carbocycles. The van der Waals surface area contributed by atoms with Crippen LogP contribution in [0.1, 0.15) is 86.4 Å². The number of benzene rings is 1. The van der Waals surface area contributed by atoms with Crippen LogP contribution >= 0.6 is 0 Å². The zero-order valence-corrected chi connectivity index (χ0v) is 26.3. The van der Waals surface area contributed by atoms with Gasteiger partial charge in [0.15, 0.2) is 5.60 Å². The van der Waals surface area contributed by atoms with Crippen LogP contribution in [0.4, 0.5) is 9.18 Å². The fraction of sp³-hybridized carbons (Fsp3) is 0.485. The van der Waals surface area contributed by atoms with Crippen LogP contribution in [0.2, 0.25) is 0 Å². The number of ether oxygens (including phenoxy) is 2. The van der Waals surface area contributed by atoms with Crippen LogP contribution in [0.3, 0.4) is 0 Å². The SMILES string of the molecule is CC[C@@]1(O)C(=O)OCc2c1cc1n(c2=O)Cc2c-1nc1cc(F)c(C)c3c1c2[C@@H](NC(=O)[C@@H]1CCON1C(=O)OC(C)(C)C)CC3. The van der Waals surface area contributed by atoms with Crippen LogP contribution < -0.4 is 10.9 Å². The standard InChI is InChI=1S/C33H35FN4O8/c1-6-33(43)19-11-24-27-17(13-37(24)29(40)18(19)14-44-30(33)41)26-21(8-7-16-15(2)20(34)12-22(35-27)25(16)26)36-28(39)23-9-10-45-38(23)31(42)46-32(3,4)5/h11-12,21,23,43H,6-10,13-14H2,1-5H3,(H,36,39)/t21-,23-,33-/m0/s1. The zero-order chi connectivity index (χ0) is 32.9. The predicted molar refractivity (Wildman–Crippen MR) is 161 cm³/mol. The van der Waals surface area contributed by atoms with E-state index < -0.39 is 52.6 Å². The van der Waals surface area contributed by atoms with Gasteiger partial charge in [-0.05, 0) is 69.7 Å². The number of halogens is 1. The number of hydrogen-bond donors (Lipinski definition) is 2. The van der Waals surface area contributed by atoms with Crippen LogP contribution in [0.5, 0.6) is 0 Å². The Morgan fingerprint density at radius 1 is 1.20 bits per heavy atom. The molecule has 3 aromatic rings. The normalized spacial score (nSPS) is 23.1. The Labute approximate surface area is 263 Å². The van der Waals surface area contributed by atoms with Crippen LogP contribution in [0.15, 0.2) is 16.9 Å². The van der Waals surface area contributed by atoms with Gasteiger partial charge in [-0.2, -0.15) is 5.06 Å². The van der Waals surface area contributed by atoms with Gasteiger partial charge in [0.1, 0.15) is 24.1 Å². The van der Waals surface area contributed by atoms with Gasteiger partial charge in [-0.3, -0.25) is 14.4 Å². The van der Waals surface area contributed by atoms with Crippen molar-refractivity contribution < 1.29 is 38.2 Å². The van der Waals surface area contributed by atoms with Crippen molar-refractivity contribution in [3.05, 3.63) is 61.7 Å². The highest BCUT2D eigenvalue weighted by molar-refractivity contribution is 5.94. The van der Waals surface area contributed by atoms with E-state index in [9.17, 15) is 24.3 Å². The third-order valence-corrected chi connectivity index (χ3v) is 9.48. The largest absolute Gasteiger partial charge is 0.458 e. The summed E-state index contributed by atoms with van der Waals surface area (Å²) in [6, 6.07) is 1.49. The maximum absolute atomic E-state index is 15.2. The Morgan fingerprint density at radius 2 is 1.96 bits per heavy atom. The number of nitrogens with one attached hydrogen (secondary N) is 1. The summed E-state index contributed by atoms with van der Waals surface area (Å²) in [5, 5.41) is 16.1. The molecule has 0 bridgehead atoms. The van der Waals surface area contributed by atoms with Crippen LogP contribution in [0.25, 0.3) is 22.3 Å². The van der Waals surface area contributed by atoms with E-state index in [0.717, 1.165) is 21.6 Å². The number of carbonyl (C=O) groups is 3. The topological polar surface area (TPSA) is 149 Å². The molecule has 1 aromatic carbocycles. The summed E-state index contributed by atoms with van der Waals surface area (Å²) in [4.78, 5) is 63.4. The van der Waals surface area contributed by atoms with Gasteiger partial charge < -0.3 is 24.5 Å². The van der Waals surface area contributed by atoms with Gasteiger partial charge >= 0.3 is 12.1 Å². The number of nitrogens with zero attached hydrogens (tertiary/aromatic N) is 3. The summed E-state index contributed by atoms with van der Waals surface area (Å²) in [5.74, 6) is -1.67. The molecule has 12 nitrogen and oxygen atoms in total. The molecule has 5 heterocycles. The van der Waals surface area contributed by atoms with Gasteiger partial charge in [-0.25, -0.2) is 19.0 Å². The monoisotopic (exact) mass is 634 g/mol. The van der Waals surface area contributed by atoms with Crippen molar-refractivity contribution in [2.45, 2.75) is 96.7 Å². The molecule has 2 amide bonds. The summed E-state index contributed by atoms with van der Waals surface area (Å²) in [7, 11) is 0. The average Bonchev–Trinajstić information content (AvgIpc) is 3.64. The third-order valence-electron chi connectivity index (χ3n) is 9.48. The second-order valence-electron chi connectivity index (χ2n) is 13.4. The number of fused-ring (bicyclic) bond motifs is 5. The minimum absolute atomic E-state index is 0.00185. The number of rotatable bonds is 3. The van der Waals surface area contributed by atoms with Crippen molar-refractivity contribution in [1.29, 1.82) is 0 Å². The predicted octanol–water partition coefficient (Wildman–Crippen LogP) is 3.57. The summed E-state index contributed by atoms with van der Waals surface area (Å²) in [5.41, 5.74) is 1.02. The Bertz CT molecular complexity index is 1930. The molecular formula is C33H35FN4O8. The van der Waals surface area contributed by atoms with Crippen LogP contribution in [0, 0.1) is 12.7 Å². The van der Waals surface area contributed by atoms with Crippen LogP contribution in [-0.2, 0) is 49.1 Å². The lowest BCUT2D eigenvalue weighted by Crippen LogP contribution is -2.48. The fourth-order valence-corrected chi connectivity index (χ4v) is 7.16. The Morgan fingerprint density at radius 3 is 2.67 bits per heavy atom. The number of hydroxylamine groups is 2. The molecular weight excluding hydrogens is 599 g/mol. The van der Waals surface area contributed by atoms with Crippen molar-refractivity contribution in [2.24, 2.45) is 0 Å². The lowest BCUT2D eigenvalue weighted by molar-refractivity contribution is -0.172. The molecule has 13 heteroatoms. The van der Waals surface area contributed by atoms with Gasteiger partial charge in [0, 0.05) is 29.0 Å². The second kappa shape index (κ2) is 10.3. The first-order valence-corrected chi connectivity index (χ1v) is 15.5. The summed E-state index contributed by atoms with van der Waals surface area (Å²) >= 11 is 0. The van der Waals surface area contributed by atoms with Crippen molar-refractivity contribution in [3.8, 4) is 11.4 Å². The van der Waals surface area contributed by atoms with E-state index >= 15 is 4.39 Å². The van der Waals surface area contributed by atoms with Gasteiger partial charge in [-0.15, -0.1) is 0 Å². The number of pyridine rings is 2. The first-order chi connectivity index (χ1) is 21.7. The summed E-state index contributed by atoms with van der Waals surface area (Å²) in [6.07, 6.45) is 0.424. The van der Waals surface area contributed by atoms with Crippen LogP contribution in [-0.4, -0.2) is 55.9 Å². The molecule has 0 unspecified atom stereocenters. The summed E-state index contributed by atoms with van der Waals surface area (Å²) in [6.45, 7) is 8.53. The van der Waals surface area contributed by atoms with E-state index in [4.69, 9.17) is 19.3 Å². The van der Waals surface area contributed by atoms with E-state index in [2.05, 4.69) is 5.32 Å². The highest BCUT2D eigenvalue weighted by Crippen LogP contribution is 2.46. The highest BCUT2D eigenvalue weighted by Gasteiger charge is 2.46. The molecule has 0 spiro atoms. The molecule has 1 aliphatic carbocycles. The fourth-order valence-electron chi connectivity index (χ4n) is 7.16. The van der Waals surface area contributed by atoms with E-state index in [-0.39, 0.29) is 43.7 Å². The highest BCUT2D eigenvalue weighted by atomic mass is 19.1. The molecule has 1 saturated heterocycles. The maximum atomic E-state index is 15.2. The van der Waals surface area contributed by atoms with Gasteiger partial charge in [0.2, 0.25) is 5.91 Å². The smallest absolute Gasteiger partial charge is 0.435 e. The number of amides is 2. The molecule has 0 radical (unpaired) electrons. The molecule has 46 heavy (non-hydrogen) atoms. The molecule has 4 aliphatic rings. The molecule has 242 valence electrons. The molecule has 1 fully saturated rings.